The Bertz CT molecular complexity index is 1040. The van der Waals surface area contributed by atoms with E-state index in [4.69, 9.17) is 11.5 Å². The maximum absolute atomic E-state index is 14.0. The molecule has 1 aliphatic heterocycles. The zero-order chi connectivity index (χ0) is 19.8. The van der Waals surface area contributed by atoms with E-state index >= 15 is 0 Å². The van der Waals surface area contributed by atoms with Crippen molar-refractivity contribution in [1.82, 2.24) is 24.4 Å². The van der Waals surface area contributed by atoms with Crippen molar-refractivity contribution >= 4 is 22.9 Å². The molecular weight excluding hydrogens is 361 g/mol. The van der Waals surface area contributed by atoms with E-state index in [2.05, 4.69) is 15.0 Å². The molecule has 28 heavy (non-hydrogen) atoms. The van der Waals surface area contributed by atoms with Gasteiger partial charge in [-0.25, -0.2) is 13.9 Å². The second-order valence-corrected chi connectivity index (χ2v) is 6.97. The zero-order valence-corrected chi connectivity index (χ0v) is 15.6. The van der Waals surface area contributed by atoms with Crippen LogP contribution in [0.4, 0.5) is 15.9 Å². The van der Waals surface area contributed by atoms with Crippen molar-refractivity contribution in [3.63, 3.8) is 0 Å². The van der Waals surface area contributed by atoms with E-state index < -0.39 is 5.82 Å². The fourth-order valence-corrected chi connectivity index (χ4v) is 3.61. The summed E-state index contributed by atoms with van der Waals surface area (Å²) >= 11 is 0. The lowest BCUT2D eigenvalue weighted by atomic mass is 10.1. The van der Waals surface area contributed by atoms with Crippen molar-refractivity contribution in [3.8, 4) is 11.1 Å². The maximum Gasteiger partial charge on any atom is 0.219 e. The Morgan fingerprint density at radius 3 is 2.61 bits per heavy atom. The Balaban J connectivity index is 1.69. The van der Waals surface area contributed by atoms with Crippen LogP contribution in [0.5, 0.6) is 0 Å². The average molecular weight is 383 g/mol. The molecule has 0 unspecified atom stereocenters. The van der Waals surface area contributed by atoms with Gasteiger partial charge in [-0.05, 0) is 23.8 Å². The standard InChI is InChI=1S/C19H22FN7O/c1-12(28)26-6-4-25(5-7-26)10-14-9-15(13-2-3-17(21)16(20)8-13)18-19(22)23-11-24-27(14)18/h2-3,8-9,11H,4-7,10,21H2,1H3,(H2,22,23,24). The average Bonchev–Trinajstić information content (AvgIpc) is 3.04. The monoisotopic (exact) mass is 383 g/mol. The first-order valence-corrected chi connectivity index (χ1v) is 9.08. The van der Waals surface area contributed by atoms with Crippen molar-refractivity contribution in [3.05, 3.63) is 42.1 Å². The van der Waals surface area contributed by atoms with Gasteiger partial charge in [0.1, 0.15) is 17.7 Å². The Hall–Kier alpha value is -3.20. The number of nitrogens with two attached hydrogens (primary N) is 2. The number of carbonyl (C=O) groups is 1. The third-order valence-electron chi connectivity index (χ3n) is 5.17. The van der Waals surface area contributed by atoms with Crippen LogP contribution in [0, 0.1) is 5.82 Å². The molecular formula is C19H22FN7O. The molecule has 4 N–H and O–H groups in total. The van der Waals surface area contributed by atoms with E-state index in [1.807, 2.05) is 11.0 Å². The lowest BCUT2D eigenvalue weighted by Gasteiger charge is -2.33. The van der Waals surface area contributed by atoms with Gasteiger partial charge in [-0.1, -0.05) is 6.07 Å². The molecule has 146 valence electrons. The first-order valence-electron chi connectivity index (χ1n) is 9.08. The number of hydrogen-bond donors (Lipinski definition) is 2. The van der Waals surface area contributed by atoms with Crippen molar-refractivity contribution in [2.45, 2.75) is 13.5 Å². The van der Waals surface area contributed by atoms with Crippen molar-refractivity contribution in [2.24, 2.45) is 0 Å². The quantitative estimate of drug-likeness (QED) is 0.662. The number of piperazine rings is 1. The summed E-state index contributed by atoms with van der Waals surface area (Å²) in [7, 11) is 0. The van der Waals surface area contributed by atoms with Crippen LogP contribution in [0.2, 0.25) is 0 Å². The predicted molar refractivity (Wildman–Crippen MR) is 105 cm³/mol. The summed E-state index contributed by atoms with van der Waals surface area (Å²) in [5.74, 6) is -0.0509. The fourth-order valence-electron chi connectivity index (χ4n) is 3.61. The summed E-state index contributed by atoms with van der Waals surface area (Å²) < 4.78 is 15.8. The Morgan fingerprint density at radius 1 is 1.18 bits per heavy atom. The molecule has 0 saturated carbocycles. The number of rotatable bonds is 3. The van der Waals surface area contributed by atoms with Gasteiger partial charge in [-0.15, -0.1) is 0 Å². The molecule has 1 aliphatic rings. The number of hydrogen-bond acceptors (Lipinski definition) is 6. The number of benzene rings is 1. The first-order chi connectivity index (χ1) is 13.4. The Morgan fingerprint density at radius 2 is 1.93 bits per heavy atom. The summed E-state index contributed by atoms with van der Waals surface area (Å²) in [5, 5.41) is 4.35. The van der Waals surface area contributed by atoms with E-state index in [0.717, 1.165) is 24.3 Å². The number of carbonyl (C=O) groups excluding carboxylic acids is 1. The van der Waals surface area contributed by atoms with Gasteiger partial charge in [0.05, 0.1) is 11.4 Å². The number of halogens is 1. The van der Waals surface area contributed by atoms with Gasteiger partial charge in [0.15, 0.2) is 5.82 Å². The van der Waals surface area contributed by atoms with Gasteiger partial charge in [-0.2, -0.15) is 5.10 Å². The lowest BCUT2D eigenvalue weighted by Crippen LogP contribution is -2.47. The third kappa shape index (κ3) is 3.24. The molecule has 3 heterocycles. The molecule has 9 heteroatoms. The van der Waals surface area contributed by atoms with E-state index in [1.165, 1.54) is 18.5 Å². The molecule has 1 saturated heterocycles. The highest BCUT2D eigenvalue weighted by molar-refractivity contribution is 5.88. The lowest BCUT2D eigenvalue weighted by molar-refractivity contribution is -0.130. The van der Waals surface area contributed by atoms with Crippen LogP contribution >= 0.6 is 0 Å². The van der Waals surface area contributed by atoms with E-state index in [9.17, 15) is 9.18 Å². The van der Waals surface area contributed by atoms with E-state index in [1.54, 1.807) is 17.5 Å². The van der Waals surface area contributed by atoms with Gasteiger partial charge in [-0.3, -0.25) is 9.69 Å². The van der Waals surface area contributed by atoms with Crippen molar-refractivity contribution in [2.75, 3.05) is 37.6 Å². The normalized spacial score (nSPS) is 15.3. The fraction of sp³-hybridized carbons (Fsp3) is 0.316. The highest BCUT2D eigenvalue weighted by Gasteiger charge is 2.22. The smallest absolute Gasteiger partial charge is 0.219 e. The van der Waals surface area contributed by atoms with Gasteiger partial charge in [0.25, 0.3) is 0 Å². The molecule has 1 fully saturated rings. The summed E-state index contributed by atoms with van der Waals surface area (Å²) in [6.45, 7) is 5.19. The number of fused-ring (bicyclic) bond motifs is 1. The SMILES string of the molecule is CC(=O)N1CCN(Cc2cc(-c3ccc(N)c(F)c3)c3c(N)ncnn23)CC1. The summed E-state index contributed by atoms with van der Waals surface area (Å²) in [4.78, 5) is 19.7. The largest absolute Gasteiger partial charge is 0.396 e. The van der Waals surface area contributed by atoms with Gasteiger partial charge in [0.2, 0.25) is 5.91 Å². The molecule has 1 amide bonds. The summed E-state index contributed by atoms with van der Waals surface area (Å²) in [5.41, 5.74) is 14.8. The minimum atomic E-state index is -0.478. The molecule has 0 atom stereocenters. The Kier molecular flexibility index (Phi) is 4.60. The van der Waals surface area contributed by atoms with Crippen LogP contribution < -0.4 is 11.5 Å². The number of nitrogen functional groups attached to an aromatic ring is 2. The number of amides is 1. The van der Waals surface area contributed by atoms with Crippen LogP contribution in [0.1, 0.15) is 12.6 Å². The van der Waals surface area contributed by atoms with Crippen LogP contribution in [0.25, 0.3) is 16.6 Å². The topological polar surface area (TPSA) is 106 Å². The van der Waals surface area contributed by atoms with Crippen molar-refractivity contribution in [1.29, 1.82) is 0 Å². The summed E-state index contributed by atoms with van der Waals surface area (Å²) in [6, 6.07) is 6.65. The Labute approximate surface area is 161 Å². The molecule has 3 aromatic rings. The van der Waals surface area contributed by atoms with Gasteiger partial charge < -0.3 is 16.4 Å². The molecule has 1 aromatic carbocycles. The highest BCUT2D eigenvalue weighted by Crippen LogP contribution is 2.32. The van der Waals surface area contributed by atoms with Crippen LogP contribution in [-0.2, 0) is 11.3 Å². The second kappa shape index (κ2) is 7.08. The minimum absolute atomic E-state index is 0.0973. The zero-order valence-electron chi connectivity index (χ0n) is 15.6. The van der Waals surface area contributed by atoms with Crippen LogP contribution in [0.3, 0.4) is 0 Å². The highest BCUT2D eigenvalue weighted by atomic mass is 19.1. The number of aromatic nitrogens is 3. The molecule has 0 spiro atoms. The minimum Gasteiger partial charge on any atom is -0.396 e. The molecule has 0 radical (unpaired) electrons. The van der Waals surface area contributed by atoms with Crippen LogP contribution in [0.15, 0.2) is 30.6 Å². The molecule has 8 nitrogen and oxygen atoms in total. The first kappa shape index (κ1) is 18.2. The maximum atomic E-state index is 14.0. The predicted octanol–water partition coefficient (Wildman–Crippen LogP) is 1.36. The third-order valence-corrected chi connectivity index (χ3v) is 5.17. The molecule has 4 rings (SSSR count). The van der Waals surface area contributed by atoms with E-state index in [-0.39, 0.29) is 11.6 Å². The van der Waals surface area contributed by atoms with Gasteiger partial charge in [0, 0.05) is 45.2 Å². The molecule has 0 bridgehead atoms. The van der Waals surface area contributed by atoms with E-state index in [0.29, 0.717) is 36.5 Å². The van der Waals surface area contributed by atoms with Crippen LogP contribution in [-0.4, -0.2) is 56.5 Å². The van der Waals surface area contributed by atoms with Gasteiger partial charge >= 0.3 is 0 Å². The second-order valence-electron chi connectivity index (χ2n) is 6.97. The molecule has 2 aromatic heterocycles. The molecule has 0 aliphatic carbocycles. The number of nitrogens with zero attached hydrogens (tertiary/aromatic N) is 5. The number of anilines is 2. The van der Waals surface area contributed by atoms with Crippen molar-refractivity contribution < 1.29 is 9.18 Å². The summed E-state index contributed by atoms with van der Waals surface area (Å²) in [6.07, 6.45) is 1.41.